The van der Waals surface area contributed by atoms with E-state index in [1.54, 1.807) is 0 Å². The van der Waals surface area contributed by atoms with Crippen LogP contribution in [0.2, 0.25) is 0 Å². The summed E-state index contributed by atoms with van der Waals surface area (Å²) in [6.07, 6.45) is -0.988. The van der Waals surface area contributed by atoms with Crippen LogP contribution in [-0.2, 0) is 25.5 Å². The predicted octanol–water partition coefficient (Wildman–Crippen LogP) is 2.50. The summed E-state index contributed by atoms with van der Waals surface area (Å²) >= 11 is 0. The molecule has 5 nitrogen and oxygen atoms in total. The largest absolute Gasteiger partial charge is 0.433 e. The van der Waals surface area contributed by atoms with Crippen molar-refractivity contribution in [3.63, 3.8) is 0 Å². The van der Waals surface area contributed by atoms with Crippen molar-refractivity contribution < 1.29 is 24.2 Å². The number of allylic oxidation sites excluding steroid dienone is 1. The lowest BCUT2D eigenvalue weighted by molar-refractivity contribution is -0.160. The summed E-state index contributed by atoms with van der Waals surface area (Å²) < 4.78 is 9.96. The van der Waals surface area contributed by atoms with Crippen molar-refractivity contribution in [2.45, 2.75) is 33.5 Å². The Kier molecular flexibility index (Phi) is 6.53. The van der Waals surface area contributed by atoms with Gasteiger partial charge in [-0.2, -0.15) is 0 Å². The Bertz CT molecular complexity index is 584. The van der Waals surface area contributed by atoms with Gasteiger partial charge in [0.05, 0.1) is 5.57 Å². The Morgan fingerprint density at radius 1 is 1.18 bits per heavy atom. The lowest BCUT2D eigenvalue weighted by Crippen LogP contribution is -2.18. The molecule has 0 saturated carbocycles. The van der Waals surface area contributed by atoms with Gasteiger partial charge in [-0.1, -0.05) is 36.9 Å². The van der Waals surface area contributed by atoms with Crippen LogP contribution in [0.15, 0.2) is 53.8 Å². The first-order valence-electron chi connectivity index (χ1n) is 6.81. The van der Waals surface area contributed by atoms with Gasteiger partial charge in [0.15, 0.2) is 6.29 Å². The summed E-state index contributed by atoms with van der Waals surface area (Å²) in [5.41, 5.74) is 1.22. The topological polar surface area (TPSA) is 72.8 Å². The van der Waals surface area contributed by atoms with Crippen molar-refractivity contribution in [1.29, 1.82) is 0 Å². The molecule has 1 aromatic rings. The number of esters is 2. The fourth-order valence-corrected chi connectivity index (χ4v) is 1.58. The molecule has 0 aliphatic heterocycles. The van der Waals surface area contributed by atoms with Crippen molar-refractivity contribution in [2.24, 2.45) is 0 Å². The fourth-order valence-electron chi connectivity index (χ4n) is 1.58. The smallest absolute Gasteiger partial charge is 0.339 e. The van der Waals surface area contributed by atoms with E-state index in [9.17, 15) is 9.59 Å². The SMILES string of the molecule is C=C(C)C(=O)O/C(Cc1ccccc1)=C(/C)C(=O)OC(C)O. The summed E-state index contributed by atoms with van der Waals surface area (Å²) in [7, 11) is 0. The van der Waals surface area contributed by atoms with Gasteiger partial charge in [-0.05, 0) is 26.3 Å². The van der Waals surface area contributed by atoms with Crippen molar-refractivity contribution in [3.05, 3.63) is 59.4 Å². The van der Waals surface area contributed by atoms with Crippen LogP contribution < -0.4 is 0 Å². The maximum atomic E-state index is 11.9. The van der Waals surface area contributed by atoms with E-state index >= 15 is 0 Å². The van der Waals surface area contributed by atoms with Gasteiger partial charge in [0.1, 0.15) is 5.76 Å². The zero-order valence-electron chi connectivity index (χ0n) is 13.0. The first-order chi connectivity index (χ1) is 10.3. The second kappa shape index (κ2) is 8.14. The molecule has 0 aliphatic rings. The molecule has 1 unspecified atom stereocenters. The van der Waals surface area contributed by atoms with Crippen molar-refractivity contribution in [3.8, 4) is 0 Å². The highest BCUT2D eigenvalue weighted by molar-refractivity contribution is 5.91. The number of hydrogen-bond acceptors (Lipinski definition) is 5. The van der Waals surface area contributed by atoms with Gasteiger partial charge >= 0.3 is 11.9 Å². The lowest BCUT2D eigenvalue weighted by atomic mass is 10.1. The molecule has 22 heavy (non-hydrogen) atoms. The molecule has 0 aromatic heterocycles. The number of hydrogen-bond donors (Lipinski definition) is 1. The molecule has 118 valence electrons. The molecule has 0 heterocycles. The molecule has 1 rings (SSSR count). The molecule has 0 saturated heterocycles. The van der Waals surface area contributed by atoms with Crippen LogP contribution in [-0.4, -0.2) is 23.3 Å². The molecular weight excluding hydrogens is 284 g/mol. The van der Waals surface area contributed by atoms with E-state index in [1.165, 1.54) is 20.8 Å². The van der Waals surface area contributed by atoms with E-state index in [2.05, 4.69) is 6.58 Å². The van der Waals surface area contributed by atoms with Gasteiger partial charge in [-0.15, -0.1) is 0 Å². The van der Waals surface area contributed by atoms with Gasteiger partial charge in [-0.25, -0.2) is 9.59 Å². The first kappa shape index (κ1) is 17.7. The molecular formula is C17H20O5. The highest BCUT2D eigenvalue weighted by atomic mass is 16.6. The minimum absolute atomic E-state index is 0.124. The molecule has 0 fully saturated rings. The first-order valence-corrected chi connectivity index (χ1v) is 6.81. The third-order valence-electron chi connectivity index (χ3n) is 2.77. The maximum Gasteiger partial charge on any atom is 0.339 e. The van der Waals surface area contributed by atoms with Crippen molar-refractivity contribution >= 4 is 11.9 Å². The maximum absolute atomic E-state index is 11.9. The Morgan fingerprint density at radius 2 is 1.77 bits per heavy atom. The Balaban J connectivity index is 3.06. The van der Waals surface area contributed by atoms with E-state index in [0.717, 1.165) is 5.56 Å². The molecule has 0 bridgehead atoms. The molecule has 1 aromatic carbocycles. The summed E-state index contributed by atoms with van der Waals surface area (Å²) in [6.45, 7) is 7.84. The molecule has 5 heteroatoms. The number of benzene rings is 1. The average molecular weight is 304 g/mol. The average Bonchev–Trinajstić information content (AvgIpc) is 2.45. The lowest BCUT2D eigenvalue weighted by Gasteiger charge is -2.13. The van der Waals surface area contributed by atoms with Gasteiger partial charge in [-0.3, -0.25) is 0 Å². The van der Waals surface area contributed by atoms with Gasteiger partial charge < -0.3 is 14.6 Å². The monoisotopic (exact) mass is 304 g/mol. The molecule has 1 atom stereocenters. The van der Waals surface area contributed by atoms with Crippen LogP contribution in [0.4, 0.5) is 0 Å². The zero-order valence-corrected chi connectivity index (χ0v) is 13.0. The minimum atomic E-state index is -1.24. The number of aliphatic hydroxyl groups is 1. The number of ether oxygens (including phenoxy) is 2. The zero-order chi connectivity index (χ0) is 16.7. The molecule has 0 amide bonds. The highest BCUT2D eigenvalue weighted by Gasteiger charge is 2.19. The van der Waals surface area contributed by atoms with Gasteiger partial charge in [0, 0.05) is 12.0 Å². The normalized spacial score (nSPS) is 12.9. The number of aliphatic hydroxyl groups excluding tert-OH is 1. The van der Waals surface area contributed by atoms with Crippen molar-refractivity contribution in [1.82, 2.24) is 0 Å². The minimum Gasteiger partial charge on any atom is -0.433 e. The third-order valence-corrected chi connectivity index (χ3v) is 2.77. The van der Waals surface area contributed by atoms with Crippen LogP contribution >= 0.6 is 0 Å². The summed E-state index contributed by atoms with van der Waals surface area (Å²) in [5, 5.41) is 9.13. The van der Waals surface area contributed by atoms with E-state index in [1.807, 2.05) is 30.3 Å². The van der Waals surface area contributed by atoms with Crippen molar-refractivity contribution in [2.75, 3.05) is 0 Å². The number of rotatable bonds is 6. The molecule has 0 radical (unpaired) electrons. The van der Waals surface area contributed by atoms with Crippen LogP contribution in [0.25, 0.3) is 0 Å². The molecule has 0 spiro atoms. The quantitative estimate of drug-likeness (QED) is 0.378. The Labute approximate surface area is 129 Å². The van der Waals surface area contributed by atoms with E-state index in [4.69, 9.17) is 14.6 Å². The number of carbonyl (C=O) groups is 2. The summed E-state index contributed by atoms with van der Waals surface area (Å²) in [6, 6.07) is 9.25. The highest BCUT2D eigenvalue weighted by Crippen LogP contribution is 2.17. The van der Waals surface area contributed by atoms with E-state index in [-0.39, 0.29) is 23.3 Å². The van der Waals surface area contributed by atoms with Crippen LogP contribution in [0.3, 0.4) is 0 Å². The summed E-state index contributed by atoms with van der Waals surface area (Å²) in [5.74, 6) is -1.18. The standard InChI is InChI=1S/C17H20O5/c1-11(2)16(19)22-15(10-14-8-6-5-7-9-14)12(3)17(20)21-13(4)18/h5-9,13,18H,1,10H2,2-4H3/b15-12-. The van der Waals surface area contributed by atoms with E-state index < -0.39 is 18.2 Å². The van der Waals surface area contributed by atoms with Crippen LogP contribution in [0.1, 0.15) is 26.3 Å². The van der Waals surface area contributed by atoms with E-state index in [0.29, 0.717) is 0 Å². The van der Waals surface area contributed by atoms with Gasteiger partial charge in [0.25, 0.3) is 0 Å². The van der Waals surface area contributed by atoms with Crippen LogP contribution in [0.5, 0.6) is 0 Å². The Hall–Kier alpha value is -2.40. The second-order valence-corrected chi connectivity index (χ2v) is 4.89. The molecule has 0 aliphatic carbocycles. The second-order valence-electron chi connectivity index (χ2n) is 4.89. The third kappa shape index (κ3) is 5.54. The van der Waals surface area contributed by atoms with Crippen LogP contribution in [0, 0.1) is 0 Å². The Morgan fingerprint density at radius 3 is 2.27 bits per heavy atom. The predicted molar refractivity (Wildman–Crippen MR) is 81.5 cm³/mol. The number of carbonyl (C=O) groups excluding carboxylic acids is 2. The fraction of sp³-hybridized carbons (Fsp3) is 0.294. The summed E-state index contributed by atoms with van der Waals surface area (Å²) in [4.78, 5) is 23.6. The molecule has 1 N–H and O–H groups in total. The van der Waals surface area contributed by atoms with Gasteiger partial charge in [0.2, 0.25) is 0 Å².